The van der Waals surface area contributed by atoms with Crippen LogP contribution in [0.1, 0.15) is 71.6 Å². The topological polar surface area (TPSA) is 177 Å². The van der Waals surface area contributed by atoms with E-state index in [9.17, 15) is 28.8 Å². The van der Waals surface area contributed by atoms with Crippen molar-refractivity contribution in [3.63, 3.8) is 0 Å². The Morgan fingerprint density at radius 2 is 1.64 bits per heavy atom. The number of Topliss-reactive ketones (excluding diaryl/α,β-unsaturated/α-hetero) is 1. The fourth-order valence-corrected chi connectivity index (χ4v) is 7.48. The molecular formula is C28H41Cl2N5O7. The number of nitrogens with zero attached hydrogens (tertiary/aromatic N) is 1. The zero-order chi connectivity index (χ0) is 31.0. The minimum atomic E-state index is -1.35. The summed E-state index contributed by atoms with van der Waals surface area (Å²) in [6.45, 7) is 3.06. The lowest BCUT2D eigenvalue weighted by atomic mass is 9.80. The fraction of sp³-hybridized carbons (Fsp3) is 0.786. The number of ketones is 1. The molecule has 0 aromatic carbocycles. The van der Waals surface area contributed by atoms with E-state index in [-0.39, 0.29) is 30.7 Å². The SMILES string of the molecule is COC(=O)C(C)(C)NC(=O)N[C@H](C(=O)N1C[C@H]2[C@@H]([C@H]1C(=O)NC(CC1CCC1)C(=O)C(N)=O)C2(Cl)Cl)C1CCCCC1. The number of alkyl halides is 2. The predicted molar refractivity (Wildman–Crippen MR) is 153 cm³/mol. The third kappa shape index (κ3) is 6.64. The molecule has 1 unspecified atom stereocenters. The van der Waals surface area contributed by atoms with Gasteiger partial charge in [0.25, 0.3) is 5.91 Å². The van der Waals surface area contributed by atoms with E-state index in [1.165, 1.54) is 25.9 Å². The van der Waals surface area contributed by atoms with Crippen LogP contribution in [0.5, 0.6) is 0 Å². The van der Waals surface area contributed by atoms with Gasteiger partial charge in [0.15, 0.2) is 0 Å². The first kappa shape index (κ1) is 32.3. The van der Waals surface area contributed by atoms with Crippen LogP contribution >= 0.6 is 23.2 Å². The van der Waals surface area contributed by atoms with Crippen molar-refractivity contribution < 1.29 is 33.5 Å². The molecule has 12 nitrogen and oxygen atoms in total. The Morgan fingerprint density at radius 1 is 1.00 bits per heavy atom. The highest BCUT2D eigenvalue weighted by Gasteiger charge is 2.74. The molecule has 1 aliphatic heterocycles. The number of primary amides is 1. The number of nitrogens with two attached hydrogens (primary N) is 1. The molecular weight excluding hydrogens is 589 g/mol. The Hall–Kier alpha value is -2.60. The van der Waals surface area contributed by atoms with Crippen LogP contribution in [0.25, 0.3) is 0 Å². The normalized spacial score (nSPS) is 26.6. The van der Waals surface area contributed by atoms with Gasteiger partial charge >= 0.3 is 12.0 Å². The molecule has 14 heteroatoms. The van der Waals surface area contributed by atoms with Crippen molar-refractivity contribution in [1.82, 2.24) is 20.9 Å². The molecule has 0 aromatic heterocycles. The molecule has 42 heavy (non-hydrogen) atoms. The van der Waals surface area contributed by atoms with Gasteiger partial charge in [-0.2, -0.15) is 0 Å². The van der Waals surface area contributed by atoms with Gasteiger partial charge in [0.05, 0.1) is 13.2 Å². The van der Waals surface area contributed by atoms with Gasteiger partial charge in [-0.25, -0.2) is 9.59 Å². The Balaban J connectivity index is 1.55. The van der Waals surface area contributed by atoms with Crippen LogP contribution in [-0.4, -0.2) is 82.1 Å². The number of methoxy groups -OCH3 is 1. The number of carbonyl (C=O) groups is 6. The van der Waals surface area contributed by atoms with E-state index in [0.29, 0.717) is 12.8 Å². The average molecular weight is 631 g/mol. The summed E-state index contributed by atoms with van der Waals surface area (Å²) in [7, 11) is 1.21. The van der Waals surface area contributed by atoms with Gasteiger partial charge in [-0.05, 0) is 44.9 Å². The highest BCUT2D eigenvalue weighted by molar-refractivity contribution is 6.51. The number of amides is 5. The van der Waals surface area contributed by atoms with Crippen LogP contribution in [0, 0.1) is 23.7 Å². The lowest BCUT2D eigenvalue weighted by Crippen LogP contribution is -2.62. The van der Waals surface area contributed by atoms with Crippen molar-refractivity contribution in [3.05, 3.63) is 0 Å². The van der Waals surface area contributed by atoms with Crippen molar-refractivity contribution in [2.75, 3.05) is 13.7 Å². The van der Waals surface area contributed by atoms with Gasteiger partial charge in [0.1, 0.15) is 22.0 Å². The summed E-state index contributed by atoms with van der Waals surface area (Å²) in [6, 6.07) is -3.93. The largest absolute Gasteiger partial charge is 0.467 e. The standard InChI is InChI=1S/C28H41Cl2N5O7/c1-27(2,25(40)42-3)34-26(41)33-19(15-10-5-4-6-11-15)24(39)35-13-16-18(28(16,29)30)20(35)23(38)32-17(21(36)22(31)37)12-14-8-7-9-14/h14-20H,4-13H2,1-3H3,(H2,31,37)(H,32,38)(H2,33,34,41)/t16-,17?,18-,19-,20-/m0/s1. The van der Waals surface area contributed by atoms with Crippen molar-refractivity contribution >= 4 is 58.7 Å². The number of hydrogen-bond donors (Lipinski definition) is 4. The third-order valence-electron chi connectivity index (χ3n) is 9.35. The van der Waals surface area contributed by atoms with Crippen molar-refractivity contribution in [1.29, 1.82) is 0 Å². The highest BCUT2D eigenvalue weighted by Crippen LogP contribution is 2.65. The van der Waals surface area contributed by atoms with Crippen molar-refractivity contribution in [2.45, 2.75) is 99.6 Å². The summed E-state index contributed by atoms with van der Waals surface area (Å²) in [4.78, 5) is 78.9. The maximum atomic E-state index is 14.2. The molecule has 1 heterocycles. The van der Waals surface area contributed by atoms with Gasteiger partial charge in [-0.15, -0.1) is 23.2 Å². The van der Waals surface area contributed by atoms with E-state index in [0.717, 1.165) is 38.5 Å². The van der Waals surface area contributed by atoms with Gasteiger partial charge in [-0.3, -0.25) is 19.2 Å². The molecule has 3 aliphatic carbocycles. The van der Waals surface area contributed by atoms with Crippen LogP contribution in [0.2, 0.25) is 0 Å². The van der Waals surface area contributed by atoms with E-state index in [2.05, 4.69) is 16.0 Å². The van der Waals surface area contributed by atoms with Crippen LogP contribution in [0.15, 0.2) is 0 Å². The van der Waals surface area contributed by atoms with Crippen LogP contribution in [0.4, 0.5) is 4.79 Å². The summed E-state index contributed by atoms with van der Waals surface area (Å²) in [6.07, 6.45) is 7.20. The maximum Gasteiger partial charge on any atom is 0.331 e. The van der Waals surface area contributed by atoms with Gasteiger partial charge < -0.3 is 31.3 Å². The molecule has 0 bridgehead atoms. The number of halogens is 2. The number of piperidine rings is 1. The minimum Gasteiger partial charge on any atom is -0.467 e. The molecule has 4 fully saturated rings. The summed E-state index contributed by atoms with van der Waals surface area (Å²) in [5.41, 5.74) is 3.92. The number of esters is 1. The Morgan fingerprint density at radius 3 is 2.19 bits per heavy atom. The predicted octanol–water partition coefficient (Wildman–Crippen LogP) is 1.55. The van der Waals surface area contributed by atoms with E-state index in [4.69, 9.17) is 33.7 Å². The summed E-state index contributed by atoms with van der Waals surface area (Å²) < 4.78 is 3.53. The molecule has 0 radical (unpaired) electrons. The monoisotopic (exact) mass is 629 g/mol. The number of urea groups is 1. The molecule has 4 rings (SSSR count). The smallest absolute Gasteiger partial charge is 0.331 e. The molecule has 5 atom stereocenters. The fourth-order valence-electron chi connectivity index (χ4n) is 6.65. The quantitative estimate of drug-likeness (QED) is 0.152. The van der Waals surface area contributed by atoms with E-state index in [1.54, 1.807) is 0 Å². The maximum absolute atomic E-state index is 14.2. The van der Waals surface area contributed by atoms with E-state index < -0.39 is 69.4 Å². The molecule has 234 valence electrons. The highest BCUT2D eigenvalue weighted by atomic mass is 35.5. The second-order valence-electron chi connectivity index (χ2n) is 12.7. The second kappa shape index (κ2) is 12.6. The Bertz CT molecular complexity index is 1120. The first-order valence-corrected chi connectivity index (χ1v) is 15.4. The van der Waals surface area contributed by atoms with Crippen molar-refractivity contribution in [2.24, 2.45) is 29.4 Å². The lowest BCUT2D eigenvalue weighted by molar-refractivity contribution is -0.146. The molecule has 5 amide bonds. The number of rotatable bonds is 11. The summed E-state index contributed by atoms with van der Waals surface area (Å²) in [5.74, 6) is -4.79. The van der Waals surface area contributed by atoms with Gasteiger partial charge in [-0.1, -0.05) is 38.5 Å². The van der Waals surface area contributed by atoms with Crippen LogP contribution in [0.3, 0.4) is 0 Å². The first-order valence-electron chi connectivity index (χ1n) is 14.7. The lowest BCUT2D eigenvalue weighted by Gasteiger charge is -2.37. The van der Waals surface area contributed by atoms with Gasteiger partial charge in [0, 0.05) is 18.4 Å². The Labute approximate surface area is 255 Å². The van der Waals surface area contributed by atoms with Gasteiger partial charge in [0.2, 0.25) is 17.6 Å². The average Bonchev–Trinajstić information content (AvgIpc) is 3.23. The Kier molecular flexibility index (Phi) is 9.66. The number of hydrogen-bond acceptors (Lipinski definition) is 7. The van der Waals surface area contributed by atoms with E-state index in [1.807, 2.05) is 0 Å². The zero-order valence-electron chi connectivity index (χ0n) is 24.3. The third-order valence-corrected chi connectivity index (χ3v) is 10.4. The molecule has 5 N–H and O–H groups in total. The number of nitrogens with one attached hydrogen (secondary N) is 3. The number of ether oxygens (including phenoxy) is 1. The molecule has 0 spiro atoms. The zero-order valence-corrected chi connectivity index (χ0v) is 25.8. The molecule has 0 aromatic rings. The number of likely N-dealkylation sites (tertiary alicyclic amines) is 1. The van der Waals surface area contributed by atoms with E-state index >= 15 is 0 Å². The molecule has 4 aliphatic rings. The summed E-state index contributed by atoms with van der Waals surface area (Å²) >= 11 is 13.0. The number of carbonyl (C=O) groups excluding carboxylic acids is 6. The number of fused-ring (bicyclic) bond motifs is 1. The van der Waals surface area contributed by atoms with Crippen molar-refractivity contribution in [3.8, 4) is 0 Å². The molecule has 3 saturated carbocycles. The first-order chi connectivity index (χ1) is 19.7. The second-order valence-corrected chi connectivity index (χ2v) is 14.1. The summed E-state index contributed by atoms with van der Waals surface area (Å²) in [5, 5.41) is 8.00. The van der Waals surface area contributed by atoms with Crippen LogP contribution < -0.4 is 21.7 Å². The van der Waals surface area contributed by atoms with Crippen LogP contribution in [-0.2, 0) is 28.7 Å². The minimum absolute atomic E-state index is 0.0891. The molecule has 1 saturated heterocycles.